The van der Waals surface area contributed by atoms with Crippen molar-refractivity contribution in [2.45, 2.75) is 40.5 Å². The zero-order valence-electron chi connectivity index (χ0n) is 18.6. The van der Waals surface area contributed by atoms with Gasteiger partial charge in [0, 0.05) is 5.71 Å². The molecule has 2 amide bonds. The normalized spacial score (nSPS) is 13.2. The number of carbonyl (C=O) groups is 3. The van der Waals surface area contributed by atoms with Gasteiger partial charge in [-0.05, 0) is 62.6 Å². The number of nitrogens with one attached hydrogen (secondary N) is 1. The lowest BCUT2D eigenvalue weighted by atomic mass is 10.1. The Hall–Kier alpha value is -3.19. The minimum absolute atomic E-state index is 0.0785. The number of anilines is 2. The maximum Gasteiger partial charge on any atom is 0.311 e. The molecule has 8 heteroatoms. The lowest BCUT2D eigenvalue weighted by molar-refractivity contribution is -0.141. The summed E-state index contributed by atoms with van der Waals surface area (Å²) in [4.78, 5) is 43.9. The van der Waals surface area contributed by atoms with Gasteiger partial charge in [-0.2, -0.15) is 0 Å². The van der Waals surface area contributed by atoms with E-state index in [0.717, 1.165) is 16.7 Å². The highest BCUT2D eigenvalue weighted by Gasteiger charge is 2.28. The van der Waals surface area contributed by atoms with Gasteiger partial charge in [0.05, 0.1) is 41.5 Å². The van der Waals surface area contributed by atoms with E-state index in [9.17, 15) is 14.4 Å². The van der Waals surface area contributed by atoms with Crippen LogP contribution >= 0.6 is 11.6 Å². The lowest BCUT2D eigenvalue weighted by Gasteiger charge is -2.23. The zero-order chi connectivity index (χ0) is 23.4. The van der Waals surface area contributed by atoms with Crippen molar-refractivity contribution in [2.75, 3.05) is 23.4 Å². The van der Waals surface area contributed by atoms with Gasteiger partial charge in [0.1, 0.15) is 6.54 Å². The molecule has 0 spiro atoms. The summed E-state index contributed by atoms with van der Waals surface area (Å²) in [7, 11) is 0. The molecule has 1 aliphatic rings. The average Bonchev–Trinajstić information content (AvgIpc) is 2.83. The van der Waals surface area contributed by atoms with Gasteiger partial charge in [0.2, 0.25) is 11.8 Å². The molecule has 0 saturated carbocycles. The highest BCUT2D eigenvalue weighted by molar-refractivity contribution is 6.34. The van der Waals surface area contributed by atoms with E-state index in [-0.39, 0.29) is 37.8 Å². The third-order valence-electron chi connectivity index (χ3n) is 5.24. The first kappa shape index (κ1) is 23.5. The summed E-state index contributed by atoms with van der Waals surface area (Å²) in [6, 6.07) is 9.05. The van der Waals surface area contributed by atoms with Crippen LogP contribution in [0.2, 0.25) is 5.02 Å². The van der Waals surface area contributed by atoms with Crippen molar-refractivity contribution in [3.05, 3.63) is 52.0 Å². The van der Waals surface area contributed by atoms with E-state index in [1.807, 2.05) is 39.0 Å². The van der Waals surface area contributed by atoms with Gasteiger partial charge in [-0.1, -0.05) is 23.7 Å². The monoisotopic (exact) mass is 455 g/mol. The SMILES string of the molecule is CCOC(=O)CC1=Nc2cc(C)c(C)cc2N(CC(=O)Nc2cccc(C)c2Cl)C(=O)C1. The first-order valence-electron chi connectivity index (χ1n) is 10.4. The fraction of sp³-hybridized carbons (Fsp3) is 0.333. The summed E-state index contributed by atoms with van der Waals surface area (Å²) >= 11 is 6.29. The summed E-state index contributed by atoms with van der Waals surface area (Å²) in [5.41, 5.74) is 4.76. The van der Waals surface area contributed by atoms with Crippen LogP contribution in [0, 0.1) is 20.8 Å². The number of aliphatic imine (C=N–C) groups is 1. The van der Waals surface area contributed by atoms with Crippen molar-refractivity contribution in [3.8, 4) is 0 Å². The maximum absolute atomic E-state index is 13.1. The molecule has 0 aliphatic carbocycles. The average molecular weight is 456 g/mol. The predicted octanol–water partition coefficient (Wildman–Crippen LogP) is 4.67. The molecule has 0 unspecified atom stereocenters. The predicted molar refractivity (Wildman–Crippen MR) is 126 cm³/mol. The lowest BCUT2D eigenvalue weighted by Crippen LogP contribution is -2.38. The van der Waals surface area contributed by atoms with Gasteiger partial charge < -0.3 is 15.0 Å². The molecule has 0 atom stereocenters. The number of rotatable bonds is 6. The Kier molecular flexibility index (Phi) is 7.30. The first-order chi connectivity index (χ1) is 15.2. The van der Waals surface area contributed by atoms with Gasteiger partial charge in [0.15, 0.2) is 0 Å². The molecular weight excluding hydrogens is 430 g/mol. The highest BCUT2D eigenvalue weighted by Crippen LogP contribution is 2.35. The number of aryl methyl sites for hydroxylation is 3. The summed E-state index contributed by atoms with van der Waals surface area (Å²) in [6.07, 6.45) is -0.158. The van der Waals surface area contributed by atoms with Crippen molar-refractivity contribution >= 4 is 52.2 Å². The summed E-state index contributed by atoms with van der Waals surface area (Å²) < 4.78 is 5.01. The standard InChI is InChI=1S/C24H26ClN3O4/c1-5-32-23(31)12-17-11-22(30)28(20-10-16(4)15(3)9-19(20)26-17)13-21(29)27-18-8-6-7-14(2)24(18)25/h6-10H,5,11-13H2,1-4H3,(H,27,29). The van der Waals surface area contributed by atoms with Crippen molar-refractivity contribution in [3.63, 3.8) is 0 Å². The number of fused-ring (bicyclic) bond motifs is 1. The number of hydrogen-bond acceptors (Lipinski definition) is 5. The summed E-state index contributed by atoms with van der Waals surface area (Å²) in [6.45, 7) is 7.49. The third kappa shape index (κ3) is 5.34. The van der Waals surface area contributed by atoms with Crippen molar-refractivity contribution < 1.29 is 19.1 Å². The van der Waals surface area contributed by atoms with Gasteiger partial charge in [-0.15, -0.1) is 0 Å². The minimum Gasteiger partial charge on any atom is -0.466 e. The fourth-order valence-corrected chi connectivity index (χ4v) is 3.61. The maximum atomic E-state index is 13.1. The number of carbonyl (C=O) groups excluding carboxylic acids is 3. The van der Waals surface area contributed by atoms with E-state index in [2.05, 4.69) is 10.3 Å². The van der Waals surface area contributed by atoms with E-state index in [4.69, 9.17) is 16.3 Å². The van der Waals surface area contributed by atoms with Gasteiger partial charge >= 0.3 is 5.97 Å². The Morgan fingerprint density at radius 2 is 1.88 bits per heavy atom. The third-order valence-corrected chi connectivity index (χ3v) is 5.74. The first-order valence-corrected chi connectivity index (χ1v) is 10.8. The molecule has 32 heavy (non-hydrogen) atoms. The van der Waals surface area contributed by atoms with Crippen molar-refractivity contribution in [1.82, 2.24) is 0 Å². The Labute approximate surface area is 192 Å². The summed E-state index contributed by atoms with van der Waals surface area (Å²) in [5, 5.41) is 3.23. The Morgan fingerprint density at radius 3 is 2.59 bits per heavy atom. The van der Waals surface area contributed by atoms with Crippen molar-refractivity contribution in [1.29, 1.82) is 0 Å². The van der Waals surface area contributed by atoms with Gasteiger partial charge in [-0.25, -0.2) is 0 Å². The fourth-order valence-electron chi connectivity index (χ4n) is 3.44. The van der Waals surface area contributed by atoms with Gasteiger partial charge in [-0.3, -0.25) is 19.4 Å². The van der Waals surface area contributed by atoms with Crippen LogP contribution in [0.25, 0.3) is 0 Å². The molecule has 0 radical (unpaired) electrons. The molecule has 2 aromatic rings. The molecule has 0 aromatic heterocycles. The van der Waals surface area contributed by atoms with Crippen LogP contribution in [0.4, 0.5) is 17.1 Å². The van der Waals surface area contributed by atoms with Crippen LogP contribution in [0.5, 0.6) is 0 Å². The number of ether oxygens (including phenoxy) is 1. The summed E-state index contributed by atoms with van der Waals surface area (Å²) in [5.74, 6) is -1.14. The highest BCUT2D eigenvalue weighted by atomic mass is 35.5. The largest absolute Gasteiger partial charge is 0.466 e. The number of amides is 2. The minimum atomic E-state index is -0.440. The molecule has 7 nitrogen and oxygen atoms in total. The number of esters is 1. The Balaban J connectivity index is 1.90. The zero-order valence-corrected chi connectivity index (χ0v) is 19.4. The van der Waals surface area contributed by atoms with Gasteiger partial charge in [0.25, 0.3) is 0 Å². The van der Waals surface area contributed by atoms with Crippen LogP contribution in [0.15, 0.2) is 35.3 Å². The Morgan fingerprint density at radius 1 is 1.16 bits per heavy atom. The van der Waals surface area contributed by atoms with Crippen LogP contribution in [-0.2, 0) is 19.1 Å². The second-order valence-corrected chi connectivity index (χ2v) is 8.10. The molecule has 1 N–H and O–H groups in total. The van der Waals surface area contributed by atoms with E-state index in [1.54, 1.807) is 19.1 Å². The van der Waals surface area contributed by atoms with E-state index < -0.39 is 5.97 Å². The molecule has 2 aromatic carbocycles. The molecule has 0 saturated heterocycles. The smallest absolute Gasteiger partial charge is 0.311 e. The Bertz CT molecular complexity index is 1110. The second kappa shape index (κ2) is 9.96. The van der Waals surface area contributed by atoms with E-state index >= 15 is 0 Å². The van der Waals surface area contributed by atoms with Crippen LogP contribution in [0.1, 0.15) is 36.5 Å². The topological polar surface area (TPSA) is 88.1 Å². The molecule has 1 aliphatic heterocycles. The van der Waals surface area contributed by atoms with E-state index in [0.29, 0.717) is 27.8 Å². The second-order valence-electron chi connectivity index (χ2n) is 7.73. The molecule has 0 fully saturated rings. The number of hydrogen-bond donors (Lipinski definition) is 1. The quantitative estimate of drug-likeness (QED) is 0.641. The molecular formula is C24H26ClN3O4. The molecule has 0 bridgehead atoms. The molecule has 3 rings (SSSR count). The molecule has 168 valence electrons. The van der Waals surface area contributed by atoms with Crippen LogP contribution < -0.4 is 10.2 Å². The molecule has 1 heterocycles. The number of nitrogens with zero attached hydrogens (tertiary/aromatic N) is 2. The number of halogens is 1. The van der Waals surface area contributed by atoms with Crippen molar-refractivity contribution in [2.24, 2.45) is 4.99 Å². The van der Waals surface area contributed by atoms with Crippen LogP contribution in [0.3, 0.4) is 0 Å². The van der Waals surface area contributed by atoms with Crippen LogP contribution in [-0.4, -0.2) is 36.6 Å². The number of benzene rings is 2. The van der Waals surface area contributed by atoms with E-state index in [1.165, 1.54) is 4.90 Å².